The molecule has 7 heteroatoms. The number of amides is 1. The lowest BCUT2D eigenvalue weighted by Crippen LogP contribution is -2.36. The van der Waals surface area contributed by atoms with Gasteiger partial charge in [0.2, 0.25) is 5.91 Å². The largest absolute Gasteiger partial charge is 0.347 e. The maximum absolute atomic E-state index is 13.1. The second kappa shape index (κ2) is 8.31. The number of benzene rings is 1. The number of carbonyl (C=O) groups is 1. The van der Waals surface area contributed by atoms with E-state index in [0.717, 1.165) is 16.0 Å². The smallest absolute Gasteiger partial charge is 0.263 e. The Kier molecular flexibility index (Phi) is 5.60. The molecule has 1 amide bonds. The molecule has 1 N–H and O–H groups in total. The van der Waals surface area contributed by atoms with Crippen molar-refractivity contribution in [3.8, 4) is 10.4 Å². The quantitative estimate of drug-likeness (QED) is 0.489. The highest BCUT2D eigenvalue weighted by Crippen LogP contribution is 2.33. The Morgan fingerprint density at radius 3 is 2.62 bits per heavy atom. The average molecular weight is 424 g/mol. The van der Waals surface area contributed by atoms with Crippen molar-refractivity contribution in [1.82, 2.24) is 14.9 Å². The molecule has 1 atom stereocenters. The van der Waals surface area contributed by atoms with Gasteiger partial charge in [0.05, 0.1) is 17.8 Å². The van der Waals surface area contributed by atoms with Crippen LogP contribution in [0.2, 0.25) is 0 Å². The molecular weight excluding hydrogens is 402 g/mol. The first-order valence-electron chi connectivity index (χ1n) is 9.39. The Labute approximate surface area is 176 Å². The predicted octanol–water partition coefficient (Wildman–Crippen LogP) is 4.70. The van der Waals surface area contributed by atoms with Crippen LogP contribution < -0.4 is 10.9 Å². The van der Waals surface area contributed by atoms with Gasteiger partial charge in [-0.3, -0.25) is 14.2 Å². The minimum Gasteiger partial charge on any atom is -0.347 e. The summed E-state index contributed by atoms with van der Waals surface area (Å²) in [6.45, 7) is 4.07. The second-order valence-corrected chi connectivity index (χ2v) is 8.99. The summed E-state index contributed by atoms with van der Waals surface area (Å²) in [5, 5.41) is 7.59. The Balaban J connectivity index is 1.61. The maximum atomic E-state index is 13.1. The summed E-state index contributed by atoms with van der Waals surface area (Å²) < 4.78 is 1.39. The van der Waals surface area contributed by atoms with E-state index in [0.29, 0.717) is 10.2 Å². The molecule has 29 heavy (non-hydrogen) atoms. The fourth-order valence-electron chi connectivity index (χ4n) is 3.36. The van der Waals surface area contributed by atoms with Crippen LogP contribution in [-0.2, 0) is 11.3 Å². The molecule has 0 aliphatic heterocycles. The van der Waals surface area contributed by atoms with Crippen molar-refractivity contribution in [2.24, 2.45) is 5.92 Å². The minimum absolute atomic E-state index is 0.0580. The number of carbonyl (C=O) groups excluding carboxylic acids is 1. The minimum atomic E-state index is -0.205. The van der Waals surface area contributed by atoms with Gasteiger partial charge < -0.3 is 5.32 Å². The highest BCUT2D eigenvalue weighted by Gasteiger charge is 2.20. The lowest BCUT2D eigenvalue weighted by atomic mass is 9.96. The van der Waals surface area contributed by atoms with Crippen LogP contribution in [-0.4, -0.2) is 15.5 Å². The summed E-state index contributed by atoms with van der Waals surface area (Å²) in [6, 6.07) is 13.7. The average Bonchev–Trinajstić information content (AvgIpc) is 3.38. The van der Waals surface area contributed by atoms with Crippen molar-refractivity contribution < 1.29 is 4.79 Å². The SMILES string of the molecule is CC(C)C(NC(=O)Cn1cnc2scc(-c3cccs3)c2c1=O)c1ccccc1. The molecule has 3 aromatic heterocycles. The van der Waals surface area contributed by atoms with E-state index in [2.05, 4.69) is 24.1 Å². The third-order valence-corrected chi connectivity index (χ3v) is 6.59. The zero-order chi connectivity index (χ0) is 20.4. The molecule has 4 rings (SSSR count). The van der Waals surface area contributed by atoms with Crippen molar-refractivity contribution in [1.29, 1.82) is 0 Å². The van der Waals surface area contributed by atoms with Crippen LogP contribution in [0.3, 0.4) is 0 Å². The van der Waals surface area contributed by atoms with E-state index in [1.54, 1.807) is 11.3 Å². The van der Waals surface area contributed by atoms with Gasteiger partial charge in [0.1, 0.15) is 11.4 Å². The lowest BCUT2D eigenvalue weighted by molar-refractivity contribution is -0.122. The van der Waals surface area contributed by atoms with E-state index in [1.807, 2.05) is 53.2 Å². The fraction of sp³-hybridized carbons (Fsp3) is 0.227. The van der Waals surface area contributed by atoms with Crippen molar-refractivity contribution in [2.45, 2.75) is 26.4 Å². The van der Waals surface area contributed by atoms with E-state index in [1.165, 1.54) is 22.2 Å². The summed E-state index contributed by atoms with van der Waals surface area (Å²) in [5.41, 5.74) is 1.75. The number of hydrogen-bond acceptors (Lipinski definition) is 5. The number of nitrogens with one attached hydrogen (secondary N) is 1. The van der Waals surface area contributed by atoms with Crippen LogP contribution in [0, 0.1) is 5.92 Å². The summed E-state index contributed by atoms with van der Waals surface area (Å²) in [7, 11) is 0. The van der Waals surface area contributed by atoms with Gasteiger partial charge in [0.25, 0.3) is 5.56 Å². The molecule has 4 aromatic rings. The first-order valence-corrected chi connectivity index (χ1v) is 11.2. The van der Waals surface area contributed by atoms with Crippen molar-refractivity contribution in [3.63, 3.8) is 0 Å². The summed E-state index contributed by atoms with van der Waals surface area (Å²) in [4.78, 5) is 32.0. The van der Waals surface area contributed by atoms with Gasteiger partial charge in [-0.1, -0.05) is 50.2 Å². The van der Waals surface area contributed by atoms with Crippen LogP contribution in [0.1, 0.15) is 25.5 Å². The van der Waals surface area contributed by atoms with Crippen molar-refractivity contribution in [3.05, 3.63) is 75.5 Å². The van der Waals surface area contributed by atoms with Crippen molar-refractivity contribution >= 4 is 38.8 Å². The molecule has 5 nitrogen and oxygen atoms in total. The maximum Gasteiger partial charge on any atom is 0.263 e. The Hall–Kier alpha value is -2.77. The highest BCUT2D eigenvalue weighted by molar-refractivity contribution is 7.18. The molecular formula is C22H21N3O2S2. The normalized spacial score (nSPS) is 12.4. The molecule has 0 aliphatic carbocycles. The Morgan fingerprint density at radius 2 is 1.93 bits per heavy atom. The molecule has 1 aromatic carbocycles. The lowest BCUT2D eigenvalue weighted by Gasteiger charge is -2.23. The van der Waals surface area contributed by atoms with E-state index < -0.39 is 0 Å². The summed E-state index contributed by atoms with van der Waals surface area (Å²) in [5.74, 6) is 0.0182. The predicted molar refractivity (Wildman–Crippen MR) is 119 cm³/mol. The first-order chi connectivity index (χ1) is 14.0. The Bertz CT molecular complexity index is 1180. The zero-order valence-corrected chi connectivity index (χ0v) is 17.8. The van der Waals surface area contributed by atoms with Crippen LogP contribution >= 0.6 is 22.7 Å². The van der Waals surface area contributed by atoms with Crippen LogP contribution in [0.15, 0.2) is 64.3 Å². The molecule has 3 heterocycles. The van der Waals surface area contributed by atoms with E-state index in [9.17, 15) is 9.59 Å². The van der Waals surface area contributed by atoms with Crippen LogP contribution in [0.4, 0.5) is 0 Å². The van der Waals surface area contributed by atoms with Gasteiger partial charge >= 0.3 is 0 Å². The zero-order valence-electron chi connectivity index (χ0n) is 16.2. The molecule has 0 fully saturated rings. The van der Waals surface area contributed by atoms with Gasteiger partial charge in [0.15, 0.2) is 0 Å². The molecule has 148 valence electrons. The number of nitrogens with zero attached hydrogens (tertiary/aromatic N) is 2. The van der Waals surface area contributed by atoms with Crippen molar-refractivity contribution in [2.75, 3.05) is 0 Å². The molecule has 0 radical (unpaired) electrons. The summed E-state index contributed by atoms with van der Waals surface area (Å²) in [6.07, 6.45) is 1.46. The van der Waals surface area contributed by atoms with E-state index >= 15 is 0 Å². The van der Waals surface area contributed by atoms with Crippen LogP contribution in [0.25, 0.3) is 20.7 Å². The topological polar surface area (TPSA) is 64.0 Å². The highest BCUT2D eigenvalue weighted by atomic mass is 32.1. The number of aromatic nitrogens is 2. The van der Waals surface area contributed by atoms with Gasteiger partial charge in [0, 0.05) is 15.8 Å². The first kappa shape index (κ1) is 19.5. The van der Waals surface area contributed by atoms with Gasteiger partial charge in [-0.05, 0) is 22.9 Å². The molecule has 0 spiro atoms. The fourth-order valence-corrected chi connectivity index (χ4v) is 5.08. The van der Waals surface area contributed by atoms with Crippen LogP contribution in [0.5, 0.6) is 0 Å². The molecule has 0 bridgehead atoms. The monoisotopic (exact) mass is 423 g/mol. The second-order valence-electron chi connectivity index (χ2n) is 7.18. The third-order valence-electron chi connectivity index (χ3n) is 4.80. The molecule has 0 saturated heterocycles. The number of rotatable bonds is 6. The van der Waals surface area contributed by atoms with Gasteiger partial charge in [-0.2, -0.15) is 0 Å². The summed E-state index contributed by atoms with van der Waals surface area (Å²) >= 11 is 3.03. The Morgan fingerprint density at radius 1 is 1.14 bits per heavy atom. The van der Waals surface area contributed by atoms with E-state index in [4.69, 9.17) is 0 Å². The van der Waals surface area contributed by atoms with E-state index in [-0.39, 0.29) is 30.0 Å². The van der Waals surface area contributed by atoms with Gasteiger partial charge in [-0.25, -0.2) is 4.98 Å². The molecule has 1 unspecified atom stereocenters. The number of fused-ring (bicyclic) bond motifs is 1. The van der Waals surface area contributed by atoms with Gasteiger partial charge in [-0.15, -0.1) is 22.7 Å². The third kappa shape index (κ3) is 4.02. The number of hydrogen-bond donors (Lipinski definition) is 1. The molecule has 0 saturated carbocycles. The number of thiophene rings is 2. The standard InChI is InChI=1S/C22H21N3O2S2/c1-14(2)20(15-7-4-3-5-8-15)24-18(26)11-25-13-23-21-19(22(25)27)16(12-29-21)17-9-6-10-28-17/h3-10,12-14,20H,11H2,1-2H3,(H,24,26). The molecule has 0 aliphatic rings.